The monoisotopic (exact) mass is 681 g/mol. The summed E-state index contributed by atoms with van der Waals surface area (Å²) in [5.74, 6) is -1.04. The highest BCUT2D eigenvalue weighted by Crippen LogP contribution is 2.27. The Balaban J connectivity index is 1.57. The van der Waals surface area contributed by atoms with Crippen LogP contribution in [0.25, 0.3) is 21.5 Å². The minimum atomic E-state index is -1.09. The Morgan fingerprint density at radius 1 is 0.700 bits per heavy atom. The van der Waals surface area contributed by atoms with Gasteiger partial charge in [0.15, 0.2) is 0 Å². The fourth-order valence-electron chi connectivity index (χ4n) is 6.64. The van der Waals surface area contributed by atoms with Crippen molar-refractivity contribution in [2.45, 2.75) is 84.9 Å². The maximum absolute atomic E-state index is 14.4. The highest BCUT2D eigenvalue weighted by Gasteiger charge is 2.31. The molecule has 8 heteroatoms. The van der Waals surface area contributed by atoms with Gasteiger partial charge in [-0.05, 0) is 77.1 Å². The van der Waals surface area contributed by atoms with Crippen molar-refractivity contribution in [1.29, 1.82) is 0 Å². The van der Waals surface area contributed by atoms with E-state index in [1.165, 1.54) is 0 Å². The summed E-state index contributed by atoms with van der Waals surface area (Å²) in [5, 5.41) is 24.5. The average molecular weight is 682 g/mol. The Labute approximate surface area is 297 Å². The normalized spacial score (nSPS) is 13.5. The first-order valence-corrected chi connectivity index (χ1v) is 18.1. The molecule has 0 saturated carbocycles. The molecule has 0 fully saturated rings. The first-order chi connectivity index (χ1) is 24.0. The molecule has 50 heavy (non-hydrogen) atoms. The second-order valence-corrected chi connectivity index (χ2v) is 14.1. The number of amides is 3. The standard InChI is InChI=1S/C42H55N3O5/c1-6-50-22-21-43-40(47)27-39(46)37(23-28(2)3)44-42(49)38(24-29(4)5)45-41(48)34(25-32-17-11-15-30-13-7-9-19-35(30)32)26-33-18-12-16-31-14-8-10-20-36(31)33/h7-20,28-29,34,37-39,46H,6,21-27H2,1-5H3,(H,43,47)(H,44,49)(H,45,48)/t37-,38-,39-/m0/s1. The highest BCUT2D eigenvalue weighted by atomic mass is 16.5. The largest absolute Gasteiger partial charge is 0.390 e. The Morgan fingerprint density at radius 2 is 1.24 bits per heavy atom. The molecular formula is C42H55N3O5. The van der Waals surface area contributed by atoms with Crippen LogP contribution in [0.5, 0.6) is 0 Å². The van der Waals surface area contributed by atoms with Crippen LogP contribution < -0.4 is 16.0 Å². The molecule has 0 bridgehead atoms. The van der Waals surface area contributed by atoms with Gasteiger partial charge in [-0.2, -0.15) is 0 Å². The van der Waals surface area contributed by atoms with Crippen molar-refractivity contribution in [3.8, 4) is 0 Å². The van der Waals surface area contributed by atoms with Gasteiger partial charge in [-0.25, -0.2) is 0 Å². The molecule has 3 amide bonds. The number of hydrogen-bond donors (Lipinski definition) is 4. The number of ether oxygens (including phenoxy) is 1. The first kappa shape index (κ1) is 38.5. The lowest BCUT2D eigenvalue weighted by Crippen LogP contribution is -2.54. The minimum Gasteiger partial charge on any atom is -0.390 e. The number of nitrogens with one attached hydrogen (secondary N) is 3. The maximum Gasteiger partial charge on any atom is 0.242 e. The molecule has 268 valence electrons. The van der Waals surface area contributed by atoms with Gasteiger partial charge in [0.2, 0.25) is 17.7 Å². The van der Waals surface area contributed by atoms with Gasteiger partial charge in [0.1, 0.15) is 6.04 Å². The van der Waals surface area contributed by atoms with E-state index in [9.17, 15) is 19.5 Å². The highest BCUT2D eigenvalue weighted by molar-refractivity contribution is 5.91. The van der Waals surface area contributed by atoms with Crippen LogP contribution in [-0.4, -0.2) is 60.8 Å². The number of carbonyl (C=O) groups excluding carboxylic acids is 3. The predicted molar refractivity (Wildman–Crippen MR) is 202 cm³/mol. The molecule has 4 aromatic carbocycles. The Bertz CT molecular complexity index is 1610. The maximum atomic E-state index is 14.4. The lowest BCUT2D eigenvalue weighted by molar-refractivity contribution is -0.132. The molecule has 0 heterocycles. The summed E-state index contributed by atoms with van der Waals surface area (Å²) in [5.41, 5.74) is 2.15. The fraction of sp³-hybridized carbons (Fsp3) is 0.452. The number of aliphatic hydroxyl groups excluding tert-OH is 1. The van der Waals surface area contributed by atoms with Crippen molar-refractivity contribution in [3.63, 3.8) is 0 Å². The van der Waals surface area contributed by atoms with Crippen LogP contribution in [0, 0.1) is 17.8 Å². The van der Waals surface area contributed by atoms with Crippen LogP contribution in [0.15, 0.2) is 84.9 Å². The molecule has 4 aromatic rings. The molecule has 0 aliphatic rings. The predicted octanol–water partition coefficient (Wildman–Crippen LogP) is 6.36. The van der Waals surface area contributed by atoms with Crippen LogP contribution in [-0.2, 0) is 32.0 Å². The van der Waals surface area contributed by atoms with Gasteiger partial charge < -0.3 is 25.8 Å². The summed E-state index contributed by atoms with van der Waals surface area (Å²) in [6.45, 7) is 11.2. The molecule has 0 aliphatic carbocycles. The molecule has 0 saturated heterocycles. The van der Waals surface area contributed by atoms with Crippen molar-refractivity contribution < 1.29 is 24.2 Å². The topological polar surface area (TPSA) is 117 Å². The lowest BCUT2D eigenvalue weighted by atomic mass is 9.87. The van der Waals surface area contributed by atoms with Crippen molar-refractivity contribution in [3.05, 3.63) is 96.1 Å². The third-order valence-corrected chi connectivity index (χ3v) is 9.09. The van der Waals surface area contributed by atoms with Crippen LogP contribution in [0.3, 0.4) is 0 Å². The van der Waals surface area contributed by atoms with Crippen LogP contribution in [0.4, 0.5) is 0 Å². The number of rotatable bonds is 19. The summed E-state index contributed by atoms with van der Waals surface area (Å²) in [4.78, 5) is 40.9. The van der Waals surface area contributed by atoms with Gasteiger partial charge >= 0.3 is 0 Å². The minimum absolute atomic E-state index is 0.116. The third-order valence-electron chi connectivity index (χ3n) is 9.09. The molecule has 3 atom stereocenters. The van der Waals surface area contributed by atoms with Crippen LogP contribution in [0.2, 0.25) is 0 Å². The smallest absolute Gasteiger partial charge is 0.242 e. The molecule has 0 spiro atoms. The zero-order valence-electron chi connectivity index (χ0n) is 30.3. The molecule has 0 aliphatic heterocycles. The lowest BCUT2D eigenvalue weighted by Gasteiger charge is -2.29. The van der Waals surface area contributed by atoms with E-state index in [1.54, 1.807) is 0 Å². The van der Waals surface area contributed by atoms with E-state index in [2.05, 4.69) is 64.5 Å². The Hall–Kier alpha value is -4.27. The van der Waals surface area contributed by atoms with E-state index >= 15 is 0 Å². The van der Waals surface area contributed by atoms with Gasteiger partial charge in [-0.1, -0.05) is 113 Å². The number of fused-ring (bicyclic) bond motifs is 2. The van der Waals surface area contributed by atoms with Crippen molar-refractivity contribution in [2.24, 2.45) is 17.8 Å². The fourth-order valence-corrected chi connectivity index (χ4v) is 6.64. The molecule has 0 radical (unpaired) electrons. The van der Waals surface area contributed by atoms with E-state index in [0.717, 1.165) is 32.7 Å². The van der Waals surface area contributed by atoms with Crippen LogP contribution >= 0.6 is 0 Å². The van der Waals surface area contributed by atoms with Gasteiger partial charge in [-0.15, -0.1) is 0 Å². The third kappa shape index (κ3) is 11.4. The molecule has 4 N–H and O–H groups in total. The van der Waals surface area contributed by atoms with Crippen molar-refractivity contribution in [1.82, 2.24) is 16.0 Å². The van der Waals surface area contributed by atoms with Gasteiger partial charge in [-0.3, -0.25) is 14.4 Å². The summed E-state index contributed by atoms with van der Waals surface area (Å²) >= 11 is 0. The second-order valence-electron chi connectivity index (χ2n) is 14.1. The number of carbonyl (C=O) groups is 3. The average Bonchev–Trinajstić information content (AvgIpc) is 3.09. The molecular weight excluding hydrogens is 626 g/mol. The molecule has 8 nitrogen and oxygen atoms in total. The Morgan fingerprint density at radius 3 is 1.78 bits per heavy atom. The first-order valence-electron chi connectivity index (χ1n) is 18.1. The zero-order valence-corrected chi connectivity index (χ0v) is 30.3. The van der Waals surface area contributed by atoms with E-state index < -0.39 is 24.1 Å². The summed E-state index contributed by atoms with van der Waals surface area (Å²) in [7, 11) is 0. The second kappa shape index (κ2) is 19.2. The zero-order chi connectivity index (χ0) is 36.0. The number of benzene rings is 4. The molecule has 0 aromatic heterocycles. The Kier molecular flexibility index (Phi) is 14.8. The van der Waals surface area contributed by atoms with E-state index in [4.69, 9.17) is 4.74 Å². The van der Waals surface area contributed by atoms with E-state index in [0.29, 0.717) is 45.4 Å². The van der Waals surface area contributed by atoms with Gasteiger partial charge in [0.25, 0.3) is 0 Å². The van der Waals surface area contributed by atoms with Crippen molar-refractivity contribution >= 4 is 39.3 Å². The summed E-state index contributed by atoms with van der Waals surface area (Å²) in [6, 6.07) is 27.3. The number of aliphatic hydroxyl groups is 1. The molecule has 0 unspecified atom stereocenters. The van der Waals surface area contributed by atoms with Crippen molar-refractivity contribution in [2.75, 3.05) is 19.8 Å². The summed E-state index contributed by atoms with van der Waals surface area (Å²) in [6.07, 6.45) is 0.665. The number of hydrogen-bond acceptors (Lipinski definition) is 5. The van der Waals surface area contributed by atoms with Gasteiger partial charge in [0, 0.05) is 19.1 Å². The summed E-state index contributed by atoms with van der Waals surface area (Å²) < 4.78 is 5.28. The van der Waals surface area contributed by atoms with E-state index in [-0.39, 0.29) is 36.0 Å². The van der Waals surface area contributed by atoms with E-state index in [1.807, 2.05) is 71.0 Å². The SMILES string of the molecule is CCOCCNC(=O)C[C@H](O)[C@H](CC(C)C)NC(=O)[C@H](CC(C)C)NC(=O)C(Cc1cccc2ccccc12)Cc1cccc2ccccc12. The quantitative estimate of drug-likeness (QED) is 0.0860. The van der Waals surface area contributed by atoms with Gasteiger partial charge in [0.05, 0.1) is 25.2 Å². The molecule has 4 rings (SSSR count). The van der Waals surface area contributed by atoms with Crippen LogP contribution in [0.1, 0.15) is 65.0 Å².